The minimum Gasteiger partial charge on any atom is -0.508 e. The normalized spacial score (nSPS) is 33.1. The molecule has 56 valence electrons. The molecule has 3 heteroatoms. The fourth-order valence-electron chi connectivity index (χ4n) is 0.902. The first kappa shape index (κ1) is 7.31. The zero-order chi connectivity index (χ0) is 7.72. The van der Waals surface area contributed by atoms with Crippen LogP contribution in [0.3, 0.4) is 0 Å². The first-order chi connectivity index (χ1) is 4.61. The van der Waals surface area contributed by atoms with E-state index in [1.165, 1.54) is 12.2 Å². The highest BCUT2D eigenvalue weighted by Gasteiger charge is 2.19. The summed E-state index contributed by atoms with van der Waals surface area (Å²) in [7, 11) is 0. The summed E-state index contributed by atoms with van der Waals surface area (Å²) in [6.07, 6.45) is 0.801. The van der Waals surface area contributed by atoms with E-state index in [1.807, 2.05) is 0 Å². The van der Waals surface area contributed by atoms with Gasteiger partial charge in [-0.25, -0.2) is 0 Å². The molecule has 0 saturated carbocycles. The quantitative estimate of drug-likeness (QED) is 0.450. The van der Waals surface area contributed by atoms with Crippen molar-refractivity contribution in [3.05, 3.63) is 23.5 Å². The molecule has 3 N–H and O–H groups in total. The van der Waals surface area contributed by atoms with Crippen molar-refractivity contribution in [2.24, 2.45) is 0 Å². The van der Waals surface area contributed by atoms with Crippen LogP contribution in [0.5, 0.6) is 0 Å². The fraction of sp³-hybridized carbons (Fsp3) is 0.429. The summed E-state index contributed by atoms with van der Waals surface area (Å²) in [4.78, 5) is 0. The van der Waals surface area contributed by atoms with Crippen molar-refractivity contribution in [3.63, 3.8) is 0 Å². The monoisotopic (exact) mass is 142 g/mol. The Balaban J connectivity index is 2.85. The highest BCUT2D eigenvalue weighted by molar-refractivity contribution is 5.27. The summed E-state index contributed by atoms with van der Waals surface area (Å²) in [5.41, 5.74) is 0.576. The van der Waals surface area contributed by atoms with E-state index in [1.54, 1.807) is 6.92 Å². The zero-order valence-corrected chi connectivity index (χ0v) is 5.65. The van der Waals surface area contributed by atoms with Crippen LogP contribution in [0.2, 0.25) is 0 Å². The van der Waals surface area contributed by atoms with Crippen LogP contribution in [-0.2, 0) is 0 Å². The van der Waals surface area contributed by atoms with Gasteiger partial charge in [-0.3, -0.25) is 0 Å². The summed E-state index contributed by atoms with van der Waals surface area (Å²) in [5, 5.41) is 27.0. The molecule has 0 saturated heterocycles. The molecule has 0 aromatic rings. The first-order valence-electron chi connectivity index (χ1n) is 3.06. The van der Waals surface area contributed by atoms with Crippen molar-refractivity contribution in [3.8, 4) is 0 Å². The lowest BCUT2D eigenvalue weighted by molar-refractivity contribution is 0.0681. The second kappa shape index (κ2) is 2.44. The van der Waals surface area contributed by atoms with Crippen LogP contribution >= 0.6 is 0 Å². The van der Waals surface area contributed by atoms with Crippen LogP contribution in [0.15, 0.2) is 23.5 Å². The molecule has 0 aromatic carbocycles. The second-order valence-corrected chi connectivity index (χ2v) is 2.42. The molecule has 3 nitrogen and oxygen atoms in total. The Hall–Kier alpha value is -0.800. The molecule has 10 heavy (non-hydrogen) atoms. The Morgan fingerprint density at radius 1 is 1.40 bits per heavy atom. The summed E-state index contributed by atoms with van der Waals surface area (Å²) in [6.45, 7) is 1.65. The van der Waals surface area contributed by atoms with E-state index >= 15 is 0 Å². The fourth-order valence-corrected chi connectivity index (χ4v) is 0.902. The van der Waals surface area contributed by atoms with Crippen molar-refractivity contribution in [1.29, 1.82) is 0 Å². The predicted octanol–water partition coefficient (Wildman–Crippen LogP) is 0.110. The number of rotatable bonds is 0. The molecule has 2 atom stereocenters. The van der Waals surface area contributed by atoms with Gasteiger partial charge >= 0.3 is 0 Å². The average molecular weight is 142 g/mol. The largest absolute Gasteiger partial charge is 0.508 e. The van der Waals surface area contributed by atoms with Crippen LogP contribution < -0.4 is 0 Å². The molecular weight excluding hydrogens is 132 g/mol. The van der Waals surface area contributed by atoms with Gasteiger partial charge < -0.3 is 15.3 Å². The van der Waals surface area contributed by atoms with E-state index in [9.17, 15) is 0 Å². The van der Waals surface area contributed by atoms with Gasteiger partial charge in [-0.15, -0.1) is 0 Å². The lowest BCUT2D eigenvalue weighted by Crippen LogP contribution is -2.27. The van der Waals surface area contributed by atoms with Gasteiger partial charge in [-0.05, 0) is 24.6 Å². The van der Waals surface area contributed by atoms with Gasteiger partial charge in [-0.1, -0.05) is 0 Å². The van der Waals surface area contributed by atoms with E-state index in [4.69, 9.17) is 15.3 Å². The third kappa shape index (κ3) is 1.20. The Morgan fingerprint density at radius 3 is 2.50 bits per heavy atom. The highest BCUT2D eigenvalue weighted by Crippen LogP contribution is 2.15. The predicted molar refractivity (Wildman–Crippen MR) is 36.5 cm³/mol. The number of allylic oxidation sites excluding steroid dienone is 1. The summed E-state index contributed by atoms with van der Waals surface area (Å²) in [5.74, 6) is 0.00954. The maximum atomic E-state index is 9.09. The van der Waals surface area contributed by atoms with E-state index in [2.05, 4.69) is 0 Å². The number of hydrogen-bond donors (Lipinski definition) is 3. The molecular formula is C7H10O3. The Morgan fingerprint density at radius 2 is 2.00 bits per heavy atom. The topological polar surface area (TPSA) is 60.7 Å². The molecule has 0 aromatic heterocycles. The molecule has 0 amide bonds. The van der Waals surface area contributed by atoms with Gasteiger partial charge in [0.25, 0.3) is 0 Å². The average Bonchev–Trinajstić information content (AvgIpc) is 1.82. The van der Waals surface area contributed by atoms with Crippen LogP contribution in [0.25, 0.3) is 0 Å². The third-order valence-corrected chi connectivity index (χ3v) is 1.51. The van der Waals surface area contributed by atoms with E-state index in [0.717, 1.165) is 0 Å². The van der Waals surface area contributed by atoms with Crippen LogP contribution in [0.4, 0.5) is 0 Å². The zero-order valence-electron chi connectivity index (χ0n) is 5.65. The van der Waals surface area contributed by atoms with Gasteiger partial charge in [0.2, 0.25) is 0 Å². The molecule has 0 spiro atoms. The minimum absolute atomic E-state index is 0.00954. The number of aliphatic hydroxyl groups excluding tert-OH is 3. The molecule has 1 aliphatic rings. The molecule has 0 bridgehead atoms. The van der Waals surface area contributed by atoms with Crippen LogP contribution in [-0.4, -0.2) is 27.5 Å². The van der Waals surface area contributed by atoms with Gasteiger partial charge in [0.15, 0.2) is 0 Å². The summed E-state index contributed by atoms with van der Waals surface area (Å²) in [6, 6.07) is 0. The van der Waals surface area contributed by atoms with E-state index < -0.39 is 12.2 Å². The second-order valence-electron chi connectivity index (χ2n) is 2.42. The maximum absolute atomic E-state index is 9.09. The molecule has 0 aliphatic heterocycles. The van der Waals surface area contributed by atoms with Gasteiger partial charge in [0, 0.05) is 0 Å². The molecule has 0 radical (unpaired) electrons. The minimum atomic E-state index is -0.968. The number of hydrogen-bond acceptors (Lipinski definition) is 3. The van der Waals surface area contributed by atoms with E-state index in [0.29, 0.717) is 5.57 Å². The smallest absolute Gasteiger partial charge is 0.114 e. The molecule has 0 fully saturated rings. The lowest BCUT2D eigenvalue weighted by atomic mass is 10.00. The number of aliphatic hydroxyl groups is 3. The first-order valence-corrected chi connectivity index (χ1v) is 3.06. The molecule has 0 heterocycles. The molecule has 1 aliphatic carbocycles. The maximum Gasteiger partial charge on any atom is 0.114 e. The van der Waals surface area contributed by atoms with Crippen molar-refractivity contribution in [2.45, 2.75) is 19.1 Å². The van der Waals surface area contributed by atoms with Crippen LogP contribution in [0.1, 0.15) is 6.92 Å². The van der Waals surface area contributed by atoms with Gasteiger partial charge in [0.1, 0.15) is 18.0 Å². The van der Waals surface area contributed by atoms with Gasteiger partial charge in [0.05, 0.1) is 0 Å². The standard InChI is InChI=1S/C7H10O3/c1-4-2-5(8)3-6(9)7(4)10/h2-3,6-10H,1H3/t6-,7+/m0/s1. The summed E-state index contributed by atoms with van der Waals surface area (Å²) >= 11 is 0. The third-order valence-electron chi connectivity index (χ3n) is 1.51. The molecule has 0 unspecified atom stereocenters. The Kier molecular flexibility index (Phi) is 1.78. The van der Waals surface area contributed by atoms with Crippen molar-refractivity contribution >= 4 is 0 Å². The summed E-state index contributed by atoms with van der Waals surface area (Å²) < 4.78 is 0. The van der Waals surface area contributed by atoms with Crippen molar-refractivity contribution in [1.82, 2.24) is 0 Å². The Bertz CT molecular complexity index is 193. The van der Waals surface area contributed by atoms with E-state index in [-0.39, 0.29) is 5.76 Å². The van der Waals surface area contributed by atoms with Crippen LogP contribution in [0, 0.1) is 0 Å². The highest BCUT2D eigenvalue weighted by atomic mass is 16.3. The van der Waals surface area contributed by atoms with Crippen molar-refractivity contribution in [2.75, 3.05) is 0 Å². The SMILES string of the molecule is CC1=CC(O)=C[C@H](O)[C@@H]1O. The molecule has 1 rings (SSSR count). The van der Waals surface area contributed by atoms with Gasteiger partial charge in [-0.2, -0.15) is 0 Å². The lowest BCUT2D eigenvalue weighted by Gasteiger charge is -2.19. The Labute approximate surface area is 58.9 Å². The van der Waals surface area contributed by atoms with Crippen molar-refractivity contribution < 1.29 is 15.3 Å².